The van der Waals surface area contributed by atoms with Gasteiger partial charge in [0.15, 0.2) is 0 Å². The van der Waals surface area contributed by atoms with Crippen LogP contribution >= 0.6 is 15.9 Å². The molecule has 20 heavy (non-hydrogen) atoms. The second-order valence-corrected chi connectivity index (χ2v) is 5.03. The molecular weight excluding hydrogens is 324 g/mol. The maximum Gasteiger partial charge on any atom is 0.328 e. The molecule has 1 aromatic carbocycles. The van der Waals surface area contributed by atoms with Crippen LogP contribution in [0.3, 0.4) is 0 Å². The van der Waals surface area contributed by atoms with E-state index in [1.165, 1.54) is 7.11 Å². The summed E-state index contributed by atoms with van der Waals surface area (Å²) in [7, 11) is 1.27. The second-order valence-electron chi connectivity index (χ2n) is 4.11. The largest absolute Gasteiger partial charge is 0.467 e. The number of methoxy groups -OCH3 is 1. The van der Waals surface area contributed by atoms with Crippen LogP contribution in [-0.4, -0.2) is 25.0 Å². The number of benzene rings is 1. The van der Waals surface area contributed by atoms with Gasteiger partial charge in [0.1, 0.15) is 6.04 Å². The van der Waals surface area contributed by atoms with Gasteiger partial charge < -0.3 is 10.1 Å². The van der Waals surface area contributed by atoms with E-state index in [0.717, 1.165) is 4.47 Å². The van der Waals surface area contributed by atoms with E-state index < -0.39 is 12.0 Å². The molecule has 1 N–H and O–H groups in total. The lowest BCUT2D eigenvalue weighted by atomic mass is 10.1. The molecule has 1 aromatic rings. The first-order chi connectivity index (χ1) is 9.58. The normalized spacial score (nSPS) is 11.2. The number of carbonyl (C=O) groups is 2. The van der Waals surface area contributed by atoms with Crippen molar-refractivity contribution in [2.75, 3.05) is 7.11 Å². The van der Waals surface area contributed by atoms with Crippen LogP contribution in [0.5, 0.6) is 0 Å². The number of halogens is 1. The van der Waals surface area contributed by atoms with Gasteiger partial charge in [-0.2, -0.15) is 5.26 Å². The summed E-state index contributed by atoms with van der Waals surface area (Å²) in [5, 5.41) is 11.1. The number of carbonyl (C=O) groups excluding carboxylic acids is 2. The Morgan fingerprint density at radius 3 is 2.85 bits per heavy atom. The maximum atomic E-state index is 12.1. The molecule has 0 bridgehead atoms. The zero-order valence-corrected chi connectivity index (χ0v) is 12.6. The molecule has 0 spiro atoms. The minimum absolute atomic E-state index is 0.334. The van der Waals surface area contributed by atoms with E-state index in [9.17, 15) is 9.59 Å². The van der Waals surface area contributed by atoms with Gasteiger partial charge in [-0.3, -0.25) is 4.79 Å². The van der Waals surface area contributed by atoms with Crippen LogP contribution in [0.2, 0.25) is 0 Å². The van der Waals surface area contributed by atoms with Gasteiger partial charge in [-0.1, -0.05) is 22.0 Å². The van der Waals surface area contributed by atoms with E-state index in [1.807, 2.05) is 12.1 Å². The fourth-order valence-corrected chi connectivity index (χ4v) is 2.05. The molecule has 0 saturated heterocycles. The fraction of sp³-hybridized carbons (Fsp3) is 0.357. The van der Waals surface area contributed by atoms with Crippen LogP contribution in [0.1, 0.15) is 29.6 Å². The molecule has 1 atom stereocenters. The number of esters is 1. The van der Waals surface area contributed by atoms with Crippen LogP contribution in [0, 0.1) is 11.3 Å². The first-order valence-electron chi connectivity index (χ1n) is 6.09. The van der Waals surface area contributed by atoms with E-state index in [1.54, 1.807) is 18.2 Å². The Labute approximate surface area is 126 Å². The number of amides is 1. The Morgan fingerprint density at radius 1 is 1.50 bits per heavy atom. The van der Waals surface area contributed by atoms with Crippen molar-refractivity contribution in [3.63, 3.8) is 0 Å². The number of nitrogens with zero attached hydrogens (tertiary/aromatic N) is 1. The monoisotopic (exact) mass is 338 g/mol. The van der Waals surface area contributed by atoms with E-state index in [-0.39, 0.29) is 5.91 Å². The van der Waals surface area contributed by atoms with Crippen LogP contribution in [0.15, 0.2) is 28.7 Å². The Hall–Kier alpha value is -1.87. The Morgan fingerprint density at radius 2 is 2.25 bits per heavy atom. The molecule has 0 radical (unpaired) electrons. The molecular formula is C14H15BrN2O3. The Balaban J connectivity index is 2.71. The lowest BCUT2D eigenvalue weighted by Gasteiger charge is -2.16. The summed E-state index contributed by atoms with van der Waals surface area (Å²) >= 11 is 3.28. The highest BCUT2D eigenvalue weighted by molar-refractivity contribution is 9.10. The fourth-order valence-electron chi connectivity index (χ4n) is 1.65. The highest BCUT2D eigenvalue weighted by atomic mass is 79.9. The standard InChI is InChI=1S/C14H15BrN2O3/c1-20-14(19)12(7-2-3-8-16)17-13(18)10-5-4-6-11(15)9-10/h4-6,9,12H,2-3,7H2,1H3,(H,17,18)/t12-/m1/s1. The van der Waals surface area contributed by atoms with Gasteiger partial charge >= 0.3 is 5.97 Å². The minimum atomic E-state index is -0.736. The molecule has 1 rings (SSSR count). The summed E-state index contributed by atoms with van der Waals surface area (Å²) in [6, 6.07) is 8.13. The molecule has 0 heterocycles. The van der Waals surface area contributed by atoms with E-state index in [4.69, 9.17) is 5.26 Å². The van der Waals surface area contributed by atoms with Crippen LogP contribution in [0.4, 0.5) is 0 Å². The van der Waals surface area contributed by atoms with Crippen LogP contribution < -0.4 is 5.32 Å². The predicted molar refractivity (Wildman–Crippen MR) is 76.9 cm³/mol. The van der Waals surface area contributed by atoms with Crippen molar-refractivity contribution < 1.29 is 14.3 Å². The molecule has 6 heteroatoms. The molecule has 0 unspecified atom stereocenters. The number of nitriles is 1. The third kappa shape index (κ3) is 5.02. The summed E-state index contributed by atoms with van der Waals surface area (Å²) in [6.45, 7) is 0. The first-order valence-corrected chi connectivity index (χ1v) is 6.89. The molecule has 0 fully saturated rings. The SMILES string of the molecule is COC(=O)[C@@H](CCCC#N)NC(=O)c1cccc(Br)c1. The van der Waals surface area contributed by atoms with E-state index in [0.29, 0.717) is 24.8 Å². The Bertz CT molecular complexity index is 525. The van der Waals surface area contributed by atoms with Gasteiger partial charge in [-0.15, -0.1) is 0 Å². The summed E-state index contributed by atoms with van der Waals surface area (Å²) in [5.74, 6) is -0.857. The molecule has 0 aliphatic rings. The summed E-state index contributed by atoms with van der Waals surface area (Å²) in [6.07, 6.45) is 1.23. The van der Waals surface area contributed by atoms with Crippen molar-refractivity contribution >= 4 is 27.8 Å². The number of hydrogen-bond donors (Lipinski definition) is 1. The van der Waals surface area contributed by atoms with Crippen molar-refractivity contribution in [1.29, 1.82) is 5.26 Å². The number of ether oxygens (including phenoxy) is 1. The van der Waals surface area contributed by atoms with E-state index >= 15 is 0 Å². The highest BCUT2D eigenvalue weighted by Gasteiger charge is 2.21. The molecule has 106 valence electrons. The zero-order valence-electron chi connectivity index (χ0n) is 11.1. The van der Waals surface area contributed by atoms with Crippen molar-refractivity contribution in [3.8, 4) is 6.07 Å². The zero-order chi connectivity index (χ0) is 15.0. The van der Waals surface area contributed by atoms with Crippen molar-refractivity contribution in [2.24, 2.45) is 0 Å². The van der Waals surface area contributed by atoms with Crippen molar-refractivity contribution in [1.82, 2.24) is 5.32 Å². The average Bonchev–Trinajstić information content (AvgIpc) is 2.45. The minimum Gasteiger partial charge on any atom is -0.467 e. The molecule has 5 nitrogen and oxygen atoms in total. The number of rotatable bonds is 6. The van der Waals surface area contributed by atoms with Gasteiger partial charge in [0.05, 0.1) is 13.2 Å². The van der Waals surface area contributed by atoms with Crippen LogP contribution in [0.25, 0.3) is 0 Å². The quantitative estimate of drug-likeness (QED) is 0.638. The molecule has 1 amide bonds. The van der Waals surface area contributed by atoms with Crippen LogP contribution in [-0.2, 0) is 9.53 Å². The predicted octanol–water partition coefficient (Wildman–Crippen LogP) is 2.41. The smallest absolute Gasteiger partial charge is 0.328 e. The summed E-state index contributed by atoms with van der Waals surface area (Å²) in [4.78, 5) is 23.7. The molecule has 0 saturated carbocycles. The molecule has 0 aromatic heterocycles. The number of hydrogen-bond acceptors (Lipinski definition) is 4. The van der Waals surface area contributed by atoms with Gasteiger partial charge in [-0.25, -0.2) is 4.79 Å². The maximum absolute atomic E-state index is 12.1. The van der Waals surface area contributed by atoms with Gasteiger partial charge in [0.25, 0.3) is 5.91 Å². The number of nitrogens with one attached hydrogen (secondary N) is 1. The summed E-state index contributed by atoms with van der Waals surface area (Å²) < 4.78 is 5.44. The third-order valence-electron chi connectivity index (χ3n) is 2.66. The Kier molecular flexibility index (Phi) is 6.74. The summed E-state index contributed by atoms with van der Waals surface area (Å²) in [5.41, 5.74) is 0.452. The van der Waals surface area contributed by atoms with Gasteiger partial charge in [0, 0.05) is 16.5 Å². The van der Waals surface area contributed by atoms with Gasteiger partial charge in [-0.05, 0) is 31.0 Å². The third-order valence-corrected chi connectivity index (χ3v) is 3.15. The molecule has 0 aliphatic heterocycles. The van der Waals surface area contributed by atoms with Crippen molar-refractivity contribution in [3.05, 3.63) is 34.3 Å². The van der Waals surface area contributed by atoms with Crippen molar-refractivity contribution in [2.45, 2.75) is 25.3 Å². The topological polar surface area (TPSA) is 79.2 Å². The van der Waals surface area contributed by atoms with E-state index in [2.05, 4.69) is 26.0 Å². The average molecular weight is 339 g/mol. The van der Waals surface area contributed by atoms with Gasteiger partial charge in [0.2, 0.25) is 0 Å². The lowest BCUT2D eigenvalue weighted by molar-refractivity contribution is -0.143. The number of unbranched alkanes of at least 4 members (excludes halogenated alkanes) is 1. The highest BCUT2D eigenvalue weighted by Crippen LogP contribution is 2.12. The second kappa shape index (κ2) is 8.33. The lowest BCUT2D eigenvalue weighted by Crippen LogP contribution is -2.41. The molecule has 0 aliphatic carbocycles. The first kappa shape index (κ1) is 16.2.